The second-order valence-electron chi connectivity index (χ2n) is 4.44. The Bertz CT molecular complexity index is 366. The molecule has 0 atom stereocenters. The Hall–Kier alpha value is -1.51. The van der Waals surface area contributed by atoms with Gasteiger partial charge in [0.15, 0.2) is 0 Å². The van der Waals surface area contributed by atoms with Crippen LogP contribution in [0, 0.1) is 0 Å². The van der Waals surface area contributed by atoms with E-state index in [0.29, 0.717) is 0 Å². The molecule has 0 heterocycles. The highest BCUT2D eigenvalue weighted by Crippen LogP contribution is 2.22. The molecule has 0 saturated heterocycles. The number of carbonyl (C=O) groups is 1. The SMILES string of the molecule is CCc1cccc(CC)c1NCCCCC(=O)O. The Morgan fingerprint density at radius 3 is 2.28 bits per heavy atom. The van der Waals surface area contributed by atoms with E-state index in [0.717, 1.165) is 32.2 Å². The Balaban J connectivity index is 2.52. The third-order valence-corrected chi connectivity index (χ3v) is 3.12. The third kappa shape index (κ3) is 4.40. The van der Waals surface area contributed by atoms with Crippen LogP contribution in [-0.2, 0) is 17.6 Å². The van der Waals surface area contributed by atoms with E-state index in [-0.39, 0.29) is 6.42 Å². The Morgan fingerprint density at radius 2 is 1.78 bits per heavy atom. The van der Waals surface area contributed by atoms with Crippen LogP contribution >= 0.6 is 0 Å². The molecule has 2 N–H and O–H groups in total. The van der Waals surface area contributed by atoms with Gasteiger partial charge in [0.25, 0.3) is 0 Å². The number of para-hydroxylation sites is 1. The maximum Gasteiger partial charge on any atom is 0.303 e. The van der Waals surface area contributed by atoms with Gasteiger partial charge in [-0.15, -0.1) is 0 Å². The number of hydrogen-bond acceptors (Lipinski definition) is 2. The number of carboxylic acid groups (broad SMARTS) is 1. The summed E-state index contributed by atoms with van der Waals surface area (Å²) < 4.78 is 0. The molecule has 0 aromatic heterocycles. The van der Waals surface area contributed by atoms with E-state index < -0.39 is 5.97 Å². The van der Waals surface area contributed by atoms with Crippen molar-refractivity contribution in [2.45, 2.75) is 46.0 Å². The molecule has 0 amide bonds. The normalized spacial score (nSPS) is 10.3. The van der Waals surface area contributed by atoms with Crippen LogP contribution in [0.15, 0.2) is 18.2 Å². The Labute approximate surface area is 109 Å². The largest absolute Gasteiger partial charge is 0.481 e. The van der Waals surface area contributed by atoms with Crippen molar-refractivity contribution in [3.63, 3.8) is 0 Å². The Kier molecular flexibility index (Phi) is 6.26. The smallest absolute Gasteiger partial charge is 0.303 e. The highest BCUT2D eigenvalue weighted by Gasteiger charge is 2.05. The lowest BCUT2D eigenvalue weighted by Crippen LogP contribution is -2.07. The fourth-order valence-electron chi connectivity index (χ4n) is 2.08. The zero-order valence-corrected chi connectivity index (χ0v) is 11.3. The van der Waals surface area contributed by atoms with Crippen LogP contribution in [0.5, 0.6) is 0 Å². The number of unbranched alkanes of at least 4 members (excludes halogenated alkanes) is 1. The van der Waals surface area contributed by atoms with Crippen molar-refractivity contribution in [2.24, 2.45) is 0 Å². The first-order valence-electron chi connectivity index (χ1n) is 6.75. The fraction of sp³-hybridized carbons (Fsp3) is 0.533. The molecular weight excluding hydrogens is 226 g/mol. The van der Waals surface area contributed by atoms with E-state index in [4.69, 9.17) is 5.11 Å². The van der Waals surface area contributed by atoms with Gasteiger partial charge in [-0.3, -0.25) is 4.79 Å². The number of aryl methyl sites for hydroxylation is 2. The lowest BCUT2D eigenvalue weighted by molar-refractivity contribution is -0.137. The molecule has 18 heavy (non-hydrogen) atoms. The summed E-state index contributed by atoms with van der Waals surface area (Å²) in [4.78, 5) is 10.4. The van der Waals surface area contributed by atoms with Crippen LogP contribution in [-0.4, -0.2) is 17.6 Å². The van der Waals surface area contributed by atoms with Crippen LogP contribution in [0.4, 0.5) is 5.69 Å². The van der Waals surface area contributed by atoms with E-state index in [1.165, 1.54) is 16.8 Å². The van der Waals surface area contributed by atoms with Gasteiger partial charge in [-0.2, -0.15) is 0 Å². The number of rotatable bonds is 8. The van der Waals surface area contributed by atoms with Gasteiger partial charge in [0.1, 0.15) is 0 Å². The first kappa shape index (κ1) is 14.6. The third-order valence-electron chi connectivity index (χ3n) is 3.12. The Morgan fingerprint density at radius 1 is 1.17 bits per heavy atom. The van der Waals surface area contributed by atoms with Crippen LogP contribution in [0.2, 0.25) is 0 Å². The number of nitrogens with one attached hydrogen (secondary N) is 1. The summed E-state index contributed by atoms with van der Waals surface area (Å²) in [5.41, 5.74) is 3.93. The monoisotopic (exact) mass is 249 g/mol. The number of aliphatic carboxylic acids is 1. The fourth-order valence-corrected chi connectivity index (χ4v) is 2.08. The molecule has 1 aromatic carbocycles. The topological polar surface area (TPSA) is 49.3 Å². The van der Waals surface area contributed by atoms with Crippen molar-refractivity contribution in [1.29, 1.82) is 0 Å². The van der Waals surface area contributed by atoms with Gasteiger partial charge in [-0.05, 0) is 36.8 Å². The first-order valence-corrected chi connectivity index (χ1v) is 6.75. The van der Waals surface area contributed by atoms with Crippen LogP contribution < -0.4 is 5.32 Å². The van der Waals surface area contributed by atoms with E-state index in [1.54, 1.807) is 0 Å². The van der Waals surface area contributed by atoms with Gasteiger partial charge in [0.2, 0.25) is 0 Å². The standard InChI is InChI=1S/C15H23NO2/c1-3-12-8-7-9-13(4-2)15(12)16-11-6-5-10-14(17)18/h7-9,16H,3-6,10-11H2,1-2H3,(H,17,18). The number of carboxylic acids is 1. The molecule has 0 spiro atoms. The highest BCUT2D eigenvalue weighted by molar-refractivity contribution is 5.66. The van der Waals surface area contributed by atoms with E-state index in [1.807, 2.05) is 0 Å². The minimum atomic E-state index is -0.710. The lowest BCUT2D eigenvalue weighted by Gasteiger charge is -2.15. The minimum absolute atomic E-state index is 0.262. The molecule has 0 aliphatic rings. The predicted octanol–water partition coefficient (Wildman–Crippen LogP) is 3.48. The van der Waals surface area contributed by atoms with Gasteiger partial charge in [0.05, 0.1) is 0 Å². The van der Waals surface area contributed by atoms with Crippen molar-refractivity contribution in [3.05, 3.63) is 29.3 Å². The first-order chi connectivity index (χ1) is 8.69. The molecule has 0 radical (unpaired) electrons. The molecule has 0 fully saturated rings. The lowest BCUT2D eigenvalue weighted by atomic mass is 10.0. The summed E-state index contributed by atoms with van der Waals surface area (Å²) in [7, 11) is 0. The summed E-state index contributed by atoms with van der Waals surface area (Å²) in [6, 6.07) is 6.41. The number of benzene rings is 1. The molecule has 3 nitrogen and oxygen atoms in total. The summed E-state index contributed by atoms with van der Waals surface area (Å²) in [6.45, 7) is 5.16. The van der Waals surface area contributed by atoms with Gasteiger partial charge in [0, 0.05) is 18.7 Å². The molecule has 3 heteroatoms. The van der Waals surface area contributed by atoms with Crippen molar-refractivity contribution >= 4 is 11.7 Å². The molecule has 1 rings (SSSR count). The summed E-state index contributed by atoms with van der Waals surface area (Å²) in [5, 5.41) is 12.0. The van der Waals surface area contributed by atoms with Crippen molar-refractivity contribution in [1.82, 2.24) is 0 Å². The molecule has 0 unspecified atom stereocenters. The highest BCUT2D eigenvalue weighted by atomic mass is 16.4. The second kappa shape index (κ2) is 7.75. The molecular formula is C15H23NO2. The molecule has 1 aromatic rings. The number of anilines is 1. The van der Waals surface area contributed by atoms with E-state index in [2.05, 4.69) is 37.4 Å². The van der Waals surface area contributed by atoms with Gasteiger partial charge < -0.3 is 10.4 Å². The van der Waals surface area contributed by atoms with Crippen molar-refractivity contribution < 1.29 is 9.90 Å². The number of hydrogen-bond donors (Lipinski definition) is 2. The summed E-state index contributed by atoms with van der Waals surface area (Å²) in [6.07, 6.45) is 3.93. The predicted molar refractivity (Wildman–Crippen MR) is 75.2 cm³/mol. The van der Waals surface area contributed by atoms with Crippen molar-refractivity contribution in [2.75, 3.05) is 11.9 Å². The molecule has 0 saturated carbocycles. The molecule has 0 aliphatic heterocycles. The van der Waals surface area contributed by atoms with Gasteiger partial charge >= 0.3 is 5.97 Å². The van der Waals surface area contributed by atoms with Crippen LogP contribution in [0.25, 0.3) is 0 Å². The quantitative estimate of drug-likeness (QED) is 0.693. The zero-order valence-electron chi connectivity index (χ0n) is 11.3. The average molecular weight is 249 g/mol. The van der Waals surface area contributed by atoms with Gasteiger partial charge in [-0.1, -0.05) is 32.0 Å². The van der Waals surface area contributed by atoms with E-state index in [9.17, 15) is 4.79 Å². The average Bonchev–Trinajstić information content (AvgIpc) is 2.37. The maximum atomic E-state index is 10.4. The minimum Gasteiger partial charge on any atom is -0.481 e. The summed E-state index contributed by atoms with van der Waals surface area (Å²) >= 11 is 0. The van der Waals surface area contributed by atoms with E-state index >= 15 is 0 Å². The maximum absolute atomic E-state index is 10.4. The van der Waals surface area contributed by atoms with Gasteiger partial charge in [-0.25, -0.2) is 0 Å². The van der Waals surface area contributed by atoms with Crippen LogP contribution in [0.3, 0.4) is 0 Å². The molecule has 0 aliphatic carbocycles. The molecule has 0 bridgehead atoms. The van der Waals surface area contributed by atoms with Crippen molar-refractivity contribution in [3.8, 4) is 0 Å². The molecule has 100 valence electrons. The zero-order chi connectivity index (χ0) is 13.4. The summed E-state index contributed by atoms with van der Waals surface area (Å²) in [5.74, 6) is -0.710. The second-order valence-corrected chi connectivity index (χ2v) is 4.44. The van der Waals surface area contributed by atoms with Crippen LogP contribution in [0.1, 0.15) is 44.2 Å².